The van der Waals surface area contributed by atoms with Crippen molar-refractivity contribution < 1.29 is 31.4 Å². The number of aromatic nitrogens is 3. The SMILES string of the molecule is C[C@@]1(O)CCC(F)(F)C[C@@H]1Oc1nc(N[C@@H]2CCN(S(=O)(=O)c3ccccn3)C[C@H]2F)ncc1C#N. The molecule has 0 spiro atoms. The maximum Gasteiger partial charge on any atom is 0.260 e. The molecular weight excluding hydrogens is 501 g/mol. The van der Waals surface area contributed by atoms with Gasteiger partial charge in [-0.25, -0.2) is 31.6 Å². The molecule has 2 aliphatic rings. The van der Waals surface area contributed by atoms with Gasteiger partial charge in [-0.3, -0.25) is 0 Å². The molecule has 0 bridgehead atoms. The van der Waals surface area contributed by atoms with Gasteiger partial charge in [0, 0.05) is 25.7 Å². The van der Waals surface area contributed by atoms with Crippen molar-refractivity contribution in [3.05, 3.63) is 36.2 Å². The van der Waals surface area contributed by atoms with Gasteiger partial charge in [-0.15, -0.1) is 0 Å². The van der Waals surface area contributed by atoms with Crippen molar-refractivity contribution in [2.24, 2.45) is 0 Å². The number of pyridine rings is 1. The zero-order valence-corrected chi connectivity index (χ0v) is 20.1. The van der Waals surface area contributed by atoms with Crippen LogP contribution < -0.4 is 10.1 Å². The minimum atomic E-state index is -3.96. The fourth-order valence-corrected chi connectivity index (χ4v) is 5.54. The largest absolute Gasteiger partial charge is 0.470 e. The summed E-state index contributed by atoms with van der Waals surface area (Å²) in [6, 6.07) is 5.38. The molecule has 2 fully saturated rings. The molecule has 36 heavy (non-hydrogen) atoms. The Morgan fingerprint density at radius 1 is 1.31 bits per heavy atom. The minimum absolute atomic E-state index is 0.0106. The Morgan fingerprint density at radius 2 is 2.08 bits per heavy atom. The third-order valence-electron chi connectivity index (χ3n) is 6.36. The standard InChI is InChI=1S/C22H25F3N6O4S/c1-21(32)6-7-22(24,25)10-17(21)35-19-14(11-26)12-28-20(30-19)29-16-5-9-31(13-15(16)23)36(33,34)18-4-2-3-8-27-18/h2-4,8,12,15-17,32H,5-7,9-10,13H2,1H3,(H,28,29,30)/t15-,16-,17+,21-/m1/s1. The minimum Gasteiger partial charge on any atom is -0.470 e. The molecular formula is C22H25F3N6O4S. The average Bonchev–Trinajstić information content (AvgIpc) is 2.84. The fraction of sp³-hybridized carbons (Fsp3) is 0.545. The van der Waals surface area contributed by atoms with Crippen LogP contribution in [0.1, 0.15) is 38.2 Å². The van der Waals surface area contributed by atoms with E-state index in [0.29, 0.717) is 0 Å². The van der Waals surface area contributed by atoms with Gasteiger partial charge in [-0.1, -0.05) is 6.07 Å². The first-order valence-electron chi connectivity index (χ1n) is 11.3. The van der Waals surface area contributed by atoms with Gasteiger partial charge < -0.3 is 15.2 Å². The summed E-state index contributed by atoms with van der Waals surface area (Å²) in [4.78, 5) is 11.9. The number of aliphatic hydroxyl groups is 1. The maximum atomic E-state index is 15.0. The molecule has 1 saturated heterocycles. The lowest BCUT2D eigenvalue weighted by Crippen LogP contribution is -2.51. The van der Waals surface area contributed by atoms with Gasteiger partial charge in [-0.2, -0.15) is 14.6 Å². The molecule has 10 nitrogen and oxygen atoms in total. The van der Waals surface area contributed by atoms with E-state index < -0.39 is 59.3 Å². The molecule has 0 amide bonds. The van der Waals surface area contributed by atoms with Crippen molar-refractivity contribution in [2.75, 3.05) is 18.4 Å². The number of nitrogens with zero attached hydrogens (tertiary/aromatic N) is 5. The highest BCUT2D eigenvalue weighted by Gasteiger charge is 2.49. The number of alkyl halides is 3. The third-order valence-corrected chi connectivity index (χ3v) is 8.14. The van der Waals surface area contributed by atoms with Crippen LogP contribution in [0.15, 0.2) is 35.6 Å². The molecule has 14 heteroatoms. The van der Waals surface area contributed by atoms with Crippen LogP contribution in [-0.2, 0) is 10.0 Å². The van der Waals surface area contributed by atoms with E-state index >= 15 is 0 Å². The van der Waals surface area contributed by atoms with Crippen molar-refractivity contribution in [2.45, 2.75) is 67.5 Å². The van der Waals surface area contributed by atoms with Crippen LogP contribution in [0.4, 0.5) is 19.1 Å². The lowest BCUT2D eigenvalue weighted by molar-refractivity contribution is -0.155. The van der Waals surface area contributed by atoms with Crippen molar-refractivity contribution in [1.82, 2.24) is 19.3 Å². The van der Waals surface area contributed by atoms with Crippen LogP contribution in [0.2, 0.25) is 0 Å². The van der Waals surface area contributed by atoms with Crippen LogP contribution in [-0.4, -0.2) is 75.7 Å². The van der Waals surface area contributed by atoms with E-state index in [0.717, 1.165) is 10.5 Å². The first kappa shape index (κ1) is 26.1. The van der Waals surface area contributed by atoms with Crippen LogP contribution >= 0.6 is 0 Å². The van der Waals surface area contributed by atoms with Crippen molar-refractivity contribution >= 4 is 16.0 Å². The van der Waals surface area contributed by atoms with E-state index in [1.165, 1.54) is 25.3 Å². The molecule has 0 unspecified atom stereocenters. The highest BCUT2D eigenvalue weighted by molar-refractivity contribution is 7.89. The Kier molecular flexibility index (Phi) is 7.09. The van der Waals surface area contributed by atoms with Crippen LogP contribution in [0.3, 0.4) is 0 Å². The molecule has 194 valence electrons. The predicted octanol–water partition coefficient (Wildman–Crippen LogP) is 2.27. The second-order valence-corrected chi connectivity index (χ2v) is 11.0. The number of ether oxygens (including phenoxy) is 1. The first-order chi connectivity index (χ1) is 16.9. The molecule has 3 heterocycles. The maximum absolute atomic E-state index is 15.0. The molecule has 4 rings (SSSR count). The summed E-state index contributed by atoms with van der Waals surface area (Å²) in [5, 5.41) is 22.5. The molecule has 1 aliphatic heterocycles. The third kappa shape index (κ3) is 5.53. The Hall–Kier alpha value is -3.02. The molecule has 2 N–H and O–H groups in total. The number of hydrogen-bond donors (Lipinski definition) is 2. The van der Waals surface area contributed by atoms with Gasteiger partial charge in [0.15, 0.2) is 5.03 Å². The lowest BCUT2D eigenvalue weighted by atomic mass is 9.81. The summed E-state index contributed by atoms with van der Waals surface area (Å²) >= 11 is 0. The van der Waals surface area contributed by atoms with Crippen LogP contribution in [0.25, 0.3) is 0 Å². The first-order valence-corrected chi connectivity index (χ1v) is 12.7. The summed E-state index contributed by atoms with van der Waals surface area (Å²) in [5.74, 6) is -3.48. The van der Waals surface area contributed by atoms with Crippen molar-refractivity contribution in [3.8, 4) is 11.9 Å². The summed E-state index contributed by atoms with van der Waals surface area (Å²) in [6.45, 7) is 0.965. The number of hydrogen-bond acceptors (Lipinski definition) is 9. The number of piperidine rings is 1. The summed E-state index contributed by atoms with van der Waals surface area (Å²) < 4.78 is 74.9. The monoisotopic (exact) mass is 526 g/mol. The normalized spacial score (nSPS) is 28.7. The van der Waals surface area contributed by atoms with Crippen LogP contribution in [0, 0.1) is 11.3 Å². The number of anilines is 1. The van der Waals surface area contributed by atoms with Crippen molar-refractivity contribution in [3.63, 3.8) is 0 Å². The van der Waals surface area contributed by atoms with Crippen molar-refractivity contribution in [1.29, 1.82) is 5.26 Å². The highest BCUT2D eigenvalue weighted by atomic mass is 32.2. The molecule has 2 aromatic rings. The van der Waals surface area contributed by atoms with Gasteiger partial charge in [0.25, 0.3) is 15.9 Å². The van der Waals surface area contributed by atoms with Gasteiger partial charge >= 0.3 is 0 Å². The fourth-order valence-electron chi connectivity index (χ4n) is 4.15. The highest BCUT2D eigenvalue weighted by Crippen LogP contribution is 2.40. The second kappa shape index (κ2) is 9.79. The quantitative estimate of drug-likeness (QED) is 0.580. The zero-order chi connectivity index (χ0) is 26.1. The molecule has 0 aromatic carbocycles. The van der Waals surface area contributed by atoms with E-state index in [-0.39, 0.29) is 41.8 Å². The average molecular weight is 527 g/mol. The summed E-state index contributed by atoms with van der Waals surface area (Å²) in [6.07, 6.45) is -1.88. The molecule has 1 aliphatic carbocycles. The van der Waals surface area contributed by atoms with Crippen LogP contribution in [0.5, 0.6) is 5.88 Å². The van der Waals surface area contributed by atoms with Gasteiger partial charge in [0.1, 0.15) is 23.9 Å². The number of sulfonamides is 1. The molecule has 0 radical (unpaired) electrons. The number of nitrogens with one attached hydrogen (secondary N) is 1. The Morgan fingerprint density at radius 3 is 2.75 bits per heavy atom. The van der Waals surface area contributed by atoms with Gasteiger partial charge in [0.05, 0.1) is 24.3 Å². The van der Waals surface area contributed by atoms with E-state index in [4.69, 9.17) is 4.74 Å². The summed E-state index contributed by atoms with van der Waals surface area (Å²) in [7, 11) is -3.96. The van der Waals surface area contributed by atoms with E-state index in [9.17, 15) is 32.0 Å². The number of rotatable bonds is 6. The number of halogens is 3. The predicted molar refractivity (Wildman–Crippen MR) is 121 cm³/mol. The van der Waals surface area contributed by atoms with Gasteiger partial charge in [-0.05, 0) is 31.9 Å². The van der Waals surface area contributed by atoms with E-state index in [1.54, 1.807) is 6.07 Å². The van der Waals surface area contributed by atoms with E-state index in [1.807, 2.05) is 6.07 Å². The molecule has 2 aromatic heterocycles. The Balaban J connectivity index is 1.47. The Labute approximate surface area is 206 Å². The van der Waals surface area contributed by atoms with Gasteiger partial charge in [0.2, 0.25) is 11.8 Å². The smallest absolute Gasteiger partial charge is 0.260 e. The zero-order valence-electron chi connectivity index (χ0n) is 19.3. The lowest BCUT2D eigenvalue weighted by Gasteiger charge is -2.40. The van der Waals surface area contributed by atoms with E-state index in [2.05, 4.69) is 20.3 Å². The molecule has 1 saturated carbocycles. The Bertz CT molecular complexity index is 1240. The second-order valence-electron chi connectivity index (χ2n) is 9.13. The topological polar surface area (TPSA) is 141 Å². The molecule has 4 atom stereocenters. The number of nitriles is 1. The summed E-state index contributed by atoms with van der Waals surface area (Å²) in [5.41, 5.74) is -1.71.